The van der Waals surface area contributed by atoms with E-state index in [0.717, 1.165) is 24.8 Å². The number of esters is 1. The zero-order valence-corrected chi connectivity index (χ0v) is 23.6. The molecule has 6 heteroatoms. The fraction of sp³-hybridized carbons (Fsp3) is 0.750. The van der Waals surface area contributed by atoms with Crippen LogP contribution in [-0.4, -0.2) is 28.9 Å². The van der Waals surface area contributed by atoms with Crippen LogP contribution in [0.3, 0.4) is 0 Å². The second-order valence-corrected chi connectivity index (χ2v) is 12.1. The Morgan fingerprint density at radius 2 is 2.03 bits per heavy atom. The Kier molecular flexibility index (Phi) is 7.07. The van der Waals surface area contributed by atoms with E-state index >= 15 is 8.78 Å². The molecule has 0 bridgehead atoms. The van der Waals surface area contributed by atoms with Crippen molar-refractivity contribution < 1.29 is 22.7 Å². The Morgan fingerprint density at radius 3 is 2.68 bits per heavy atom. The van der Waals surface area contributed by atoms with Crippen molar-refractivity contribution in [1.29, 1.82) is 0 Å². The summed E-state index contributed by atoms with van der Waals surface area (Å²) in [7, 11) is 0.0311. The number of carbonyl (C=O) groups is 1. The van der Waals surface area contributed by atoms with Gasteiger partial charge in [0, 0.05) is 0 Å². The van der Waals surface area contributed by atoms with E-state index in [2.05, 4.69) is 27.4 Å². The summed E-state index contributed by atoms with van der Waals surface area (Å²) >= 11 is 0. The molecule has 0 aliphatic heterocycles. The van der Waals surface area contributed by atoms with Crippen molar-refractivity contribution in [3.05, 3.63) is 35.7 Å². The summed E-state index contributed by atoms with van der Waals surface area (Å²) in [5.74, 6) is -2.27. The zero-order valence-electron chi connectivity index (χ0n) is 21.6. The maximum atomic E-state index is 16.8. The summed E-state index contributed by atoms with van der Waals surface area (Å²) in [4.78, 5) is 12.6. The van der Waals surface area contributed by atoms with Crippen LogP contribution in [-0.2, 0) is 14.0 Å². The summed E-state index contributed by atoms with van der Waals surface area (Å²) in [5, 5.41) is 0. The summed E-state index contributed by atoms with van der Waals surface area (Å²) in [6.45, 7) is 12.5. The number of hydrogen-bond donors (Lipinski definition) is 0. The van der Waals surface area contributed by atoms with Crippen molar-refractivity contribution in [3.63, 3.8) is 0 Å². The van der Waals surface area contributed by atoms with Gasteiger partial charge in [-0.15, -0.1) is 0 Å². The van der Waals surface area contributed by atoms with E-state index in [-0.39, 0.29) is 34.0 Å². The summed E-state index contributed by atoms with van der Waals surface area (Å²) in [6.07, 6.45) is 11.5. The van der Waals surface area contributed by atoms with Crippen molar-refractivity contribution in [1.82, 2.24) is 0 Å². The molecule has 0 heterocycles. The molecule has 190 valence electrons. The molecule has 0 saturated heterocycles. The third kappa shape index (κ3) is 3.53. The molecule has 0 aromatic rings. The van der Waals surface area contributed by atoms with Crippen molar-refractivity contribution in [3.8, 4) is 0 Å². The number of rotatable bonds is 7. The molecule has 4 aliphatic rings. The van der Waals surface area contributed by atoms with E-state index < -0.39 is 23.1 Å². The summed E-state index contributed by atoms with van der Waals surface area (Å²) < 4.78 is 43.1. The number of halogens is 2. The summed E-state index contributed by atoms with van der Waals surface area (Å²) in [5.41, 5.74) is -0.354. The minimum absolute atomic E-state index is 0.00116. The normalized spacial score (nSPS) is 42.4. The van der Waals surface area contributed by atoms with E-state index in [4.69, 9.17) is 9.16 Å². The first-order chi connectivity index (χ1) is 16.1. The van der Waals surface area contributed by atoms with Gasteiger partial charge in [-0.3, -0.25) is 0 Å². The topological polar surface area (TPSA) is 35.5 Å². The van der Waals surface area contributed by atoms with Gasteiger partial charge in [-0.1, -0.05) is 51.8 Å². The van der Waals surface area contributed by atoms with Gasteiger partial charge < -0.3 is 9.16 Å². The van der Waals surface area contributed by atoms with Gasteiger partial charge in [0.25, 0.3) is 5.85 Å². The third-order valence-corrected chi connectivity index (χ3v) is 11.0. The molecule has 1 unspecified atom stereocenters. The molecule has 0 amide bonds. The second kappa shape index (κ2) is 9.31. The smallest absolute Gasteiger partial charge is 0.341 e. The zero-order chi connectivity index (χ0) is 24.9. The monoisotopic (exact) mass is 492 g/mol. The van der Waals surface area contributed by atoms with Crippen LogP contribution < -0.4 is 0 Å². The van der Waals surface area contributed by atoms with Crippen LogP contribution in [0.5, 0.6) is 0 Å². The number of alkyl halides is 1. The minimum atomic E-state index is -2.61. The molecule has 3 saturated carbocycles. The maximum absolute atomic E-state index is 16.8. The number of carbonyl (C=O) groups excluding carboxylic acids is 1. The maximum Gasteiger partial charge on any atom is 0.341 e. The Morgan fingerprint density at radius 1 is 1.29 bits per heavy atom. The van der Waals surface area contributed by atoms with Crippen LogP contribution in [0.2, 0.25) is 0 Å². The lowest BCUT2D eigenvalue weighted by molar-refractivity contribution is -0.187. The van der Waals surface area contributed by atoms with Gasteiger partial charge in [-0.05, 0) is 86.5 Å². The molecule has 0 radical (unpaired) electrons. The van der Waals surface area contributed by atoms with Gasteiger partial charge in [-0.2, -0.15) is 0 Å². The molecular formula is C28H42F2O3Si. The van der Waals surface area contributed by atoms with Crippen LogP contribution in [0.15, 0.2) is 35.7 Å². The molecule has 4 aliphatic carbocycles. The fourth-order valence-electron chi connectivity index (χ4n) is 8.83. The molecular weight excluding hydrogens is 450 g/mol. The molecule has 34 heavy (non-hydrogen) atoms. The highest BCUT2D eigenvalue weighted by molar-refractivity contribution is 5.99. The Hall–Kier alpha value is -1.27. The third-order valence-electron chi connectivity index (χ3n) is 10.4. The van der Waals surface area contributed by atoms with Crippen LogP contribution in [0.25, 0.3) is 0 Å². The highest BCUT2D eigenvalue weighted by Gasteiger charge is 2.68. The molecule has 3 nitrogen and oxygen atoms in total. The Bertz CT molecular complexity index is 900. The van der Waals surface area contributed by atoms with E-state index in [1.165, 1.54) is 31.8 Å². The lowest BCUT2D eigenvalue weighted by Crippen LogP contribution is -2.60. The number of fused-ring (bicyclic) bond motifs is 5. The number of hydrogen-bond acceptors (Lipinski definition) is 3. The molecule has 0 aromatic carbocycles. The number of ether oxygens (including phenoxy) is 1. The summed E-state index contributed by atoms with van der Waals surface area (Å²) in [6, 6.07) is 0. The molecule has 0 spiro atoms. The van der Waals surface area contributed by atoms with E-state index in [0.29, 0.717) is 30.1 Å². The predicted octanol–water partition coefficient (Wildman–Crippen LogP) is 6.14. The van der Waals surface area contributed by atoms with Crippen molar-refractivity contribution in [2.24, 2.45) is 40.4 Å². The van der Waals surface area contributed by atoms with Crippen LogP contribution >= 0.6 is 0 Å². The first-order valence-corrected chi connectivity index (χ1v) is 14.0. The Balaban J connectivity index is 1.69. The molecule has 0 N–H and O–H groups in total. The lowest BCUT2D eigenvalue weighted by Gasteiger charge is -2.61. The minimum Gasteiger partial charge on any atom is -0.458 e. The average molecular weight is 493 g/mol. The van der Waals surface area contributed by atoms with Gasteiger partial charge in [0.1, 0.15) is 6.61 Å². The van der Waals surface area contributed by atoms with Crippen molar-refractivity contribution >= 4 is 16.5 Å². The van der Waals surface area contributed by atoms with Crippen LogP contribution in [0.4, 0.5) is 8.78 Å². The standard InChI is InChI=1S/C28H42F2O3Si/c1-6-8-17(3)21-11-12-22-19-10-9-18-16-20(25(31)32-15-7-2)24(29)28(30,33-34)27(18,5)23(19)13-14-26(21,22)4/h7,16-17,19,21-23H,2,6,8-15H2,1,3-5,34H3/t17-,19+,21-,22+,23+,26-,27+,28?/m1/s1. The van der Waals surface area contributed by atoms with Crippen molar-refractivity contribution in [2.75, 3.05) is 6.61 Å². The van der Waals surface area contributed by atoms with Crippen LogP contribution in [0.1, 0.15) is 79.1 Å². The van der Waals surface area contributed by atoms with Gasteiger partial charge in [0.2, 0.25) is 0 Å². The van der Waals surface area contributed by atoms with Gasteiger partial charge >= 0.3 is 5.97 Å². The van der Waals surface area contributed by atoms with Gasteiger partial charge in [-0.25, -0.2) is 13.6 Å². The lowest BCUT2D eigenvalue weighted by atomic mass is 9.45. The quantitative estimate of drug-likeness (QED) is 0.243. The van der Waals surface area contributed by atoms with Crippen LogP contribution in [0, 0.1) is 40.4 Å². The highest BCUT2D eigenvalue weighted by atomic mass is 28.2. The van der Waals surface area contributed by atoms with E-state index in [1.807, 2.05) is 6.92 Å². The van der Waals surface area contributed by atoms with Gasteiger partial charge in [0.05, 0.1) is 11.0 Å². The van der Waals surface area contributed by atoms with E-state index in [9.17, 15) is 4.79 Å². The Labute approximate surface area is 207 Å². The largest absolute Gasteiger partial charge is 0.458 e. The van der Waals surface area contributed by atoms with Crippen molar-refractivity contribution in [2.45, 2.75) is 84.9 Å². The first kappa shape index (κ1) is 25.8. The molecule has 3 fully saturated rings. The highest BCUT2D eigenvalue weighted by Crippen LogP contribution is 2.70. The average Bonchev–Trinajstić information content (AvgIpc) is 3.18. The predicted molar refractivity (Wildman–Crippen MR) is 134 cm³/mol. The molecule has 8 atom stereocenters. The fourth-order valence-corrected chi connectivity index (χ4v) is 9.43. The van der Waals surface area contributed by atoms with Gasteiger partial charge in [0.15, 0.2) is 16.3 Å². The molecule has 0 aromatic heterocycles. The van der Waals surface area contributed by atoms with E-state index in [1.54, 1.807) is 6.08 Å². The first-order valence-electron chi connectivity index (χ1n) is 13.2. The SMILES string of the molecule is C=CCOC(=O)C1=C(F)C(F)(O[SiH3])[C@@]2(C)C(=C1)CC[C@H]1[C@@H]3CC[C@H]([C@H](C)CCC)[C@@]3(C)CC[C@@H]12. The molecule has 4 rings (SSSR count). The second-order valence-electron chi connectivity index (χ2n) is 11.7.